The van der Waals surface area contributed by atoms with Gasteiger partial charge >= 0.3 is 0 Å². The molecule has 0 unspecified atom stereocenters. The molecule has 5 heteroatoms. The Morgan fingerprint density at radius 3 is 2.59 bits per heavy atom. The lowest BCUT2D eigenvalue weighted by Gasteiger charge is -2.38. The number of hydrogen-bond donors (Lipinski definition) is 3. The normalized spacial score (nSPS) is 20.1. The minimum absolute atomic E-state index is 0.0484. The molecule has 1 saturated carbocycles. The second-order valence-corrected chi connectivity index (χ2v) is 7.15. The third-order valence-electron chi connectivity index (χ3n) is 5.28. The third-order valence-corrected chi connectivity index (χ3v) is 5.28. The standard InChI is InChI=1S/C22H22N2O3/c25-13-14-5-7-15(8-6-14)22(27)24-21(17-10-19(26)11-17)18-9-16-3-1-2-4-20(16)23-12-18/h1-9,12,17,19,21,25-26H,10-11,13H2,(H,24,27)/t17?,19?,21-/m0/s1. The van der Waals surface area contributed by atoms with E-state index in [9.17, 15) is 9.90 Å². The predicted molar refractivity (Wildman–Crippen MR) is 103 cm³/mol. The molecule has 0 aliphatic heterocycles. The molecule has 1 aromatic heterocycles. The number of aliphatic hydroxyl groups excluding tert-OH is 2. The van der Waals surface area contributed by atoms with E-state index >= 15 is 0 Å². The molecule has 4 rings (SSSR count). The average molecular weight is 362 g/mol. The maximum atomic E-state index is 12.8. The fourth-order valence-electron chi connectivity index (χ4n) is 3.62. The lowest BCUT2D eigenvalue weighted by atomic mass is 9.75. The summed E-state index contributed by atoms with van der Waals surface area (Å²) in [7, 11) is 0. The van der Waals surface area contributed by atoms with Crippen molar-refractivity contribution >= 4 is 16.8 Å². The van der Waals surface area contributed by atoms with Crippen molar-refractivity contribution in [3.8, 4) is 0 Å². The fourth-order valence-corrected chi connectivity index (χ4v) is 3.62. The minimum atomic E-state index is -0.299. The molecule has 0 saturated heterocycles. The Morgan fingerprint density at radius 1 is 1.15 bits per heavy atom. The Labute approximate surface area is 157 Å². The first-order chi connectivity index (χ1) is 13.1. The molecule has 1 aliphatic rings. The molecule has 1 fully saturated rings. The van der Waals surface area contributed by atoms with Crippen molar-refractivity contribution < 1.29 is 15.0 Å². The summed E-state index contributed by atoms with van der Waals surface area (Å²) in [4.78, 5) is 17.3. The molecule has 0 spiro atoms. The van der Waals surface area contributed by atoms with Gasteiger partial charge in [-0.3, -0.25) is 9.78 Å². The number of para-hydroxylation sites is 1. The van der Waals surface area contributed by atoms with Crippen LogP contribution in [0.5, 0.6) is 0 Å². The van der Waals surface area contributed by atoms with Gasteiger partial charge in [0, 0.05) is 17.1 Å². The molecule has 0 radical (unpaired) electrons. The van der Waals surface area contributed by atoms with Gasteiger partial charge in [-0.2, -0.15) is 0 Å². The van der Waals surface area contributed by atoms with Gasteiger partial charge in [0.25, 0.3) is 5.91 Å². The van der Waals surface area contributed by atoms with Crippen LogP contribution in [0.4, 0.5) is 0 Å². The summed E-state index contributed by atoms with van der Waals surface area (Å²) in [5, 5.41) is 23.0. The number of aromatic nitrogens is 1. The number of rotatable bonds is 5. The van der Waals surface area contributed by atoms with Gasteiger partial charge in [0.2, 0.25) is 0 Å². The quantitative estimate of drug-likeness (QED) is 0.652. The van der Waals surface area contributed by atoms with Crippen molar-refractivity contribution in [3.63, 3.8) is 0 Å². The molecule has 1 amide bonds. The molecule has 1 aliphatic carbocycles. The van der Waals surface area contributed by atoms with Crippen LogP contribution in [-0.2, 0) is 6.61 Å². The Bertz CT molecular complexity index is 949. The number of aliphatic hydroxyl groups is 2. The van der Waals surface area contributed by atoms with Gasteiger partial charge in [0.05, 0.1) is 24.3 Å². The summed E-state index contributed by atoms with van der Waals surface area (Å²) in [6, 6.07) is 16.7. The first-order valence-electron chi connectivity index (χ1n) is 9.17. The van der Waals surface area contributed by atoms with E-state index in [2.05, 4.69) is 16.4 Å². The smallest absolute Gasteiger partial charge is 0.251 e. The van der Waals surface area contributed by atoms with Gasteiger partial charge in [0.1, 0.15) is 0 Å². The summed E-state index contributed by atoms with van der Waals surface area (Å²) >= 11 is 0. The zero-order valence-corrected chi connectivity index (χ0v) is 14.9. The van der Waals surface area contributed by atoms with Crippen LogP contribution >= 0.6 is 0 Å². The average Bonchev–Trinajstić information content (AvgIpc) is 2.69. The van der Waals surface area contributed by atoms with E-state index in [0.717, 1.165) is 22.0 Å². The van der Waals surface area contributed by atoms with Crippen LogP contribution in [-0.4, -0.2) is 27.2 Å². The maximum absolute atomic E-state index is 12.8. The van der Waals surface area contributed by atoms with Crippen LogP contribution in [0.1, 0.15) is 40.4 Å². The van der Waals surface area contributed by atoms with Gasteiger partial charge in [0.15, 0.2) is 0 Å². The minimum Gasteiger partial charge on any atom is -0.393 e. The largest absolute Gasteiger partial charge is 0.393 e. The Balaban J connectivity index is 1.61. The number of hydrogen-bond acceptors (Lipinski definition) is 4. The molecule has 3 N–H and O–H groups in total. The number of benzene rings is 2. The highest BCUT2D eigenvalue weighted by molar-refractivity contribution is 5.94. The fraction of sp³-hybridized carbons (Fsp3) is 0.273. The molecule has 3 aromatic rings. The van der Waals surface area contributed by atoms with Gasteiger partial charge in [-0.05, 0) is 54.2 Å². The molecule has 138 valence electrons. The predicted octanol–water partition coefficient (Wildman–Crippen LogP) is 2.97. The maximum Gasteiger partial charge on any atom is 0.251 e. The van der Waals surface area contributed by atoms with E-state index in [-0.39, 0.29) is 30.6 Å². The summed E-state index contributed by atoms with van der Waals surface area (Å²) in [6.45, 7) is -0.0484. The highest BCUT2D eigenvalue weighted by atomic mass is 16.3. The van der Waals surface area contributed by atoms with Crippen LogP contribution < -0.4 is 5.32 Å². The van der Waals surface area contributed by atoms with Crippen LogP contribution in [0.2, 0.25) is 0 Å². The molecular weight excluding hydrogens is 340 g/mol. The van der Waals surface area contributed by atoms with E-state index in [4.69, 9.17) is 5.11 Å². The second-order valence-electron chi connectivity index (χ2n) is 7.15. The zero-order valence-electron chi connectivity index (χ0n) is 14.9. The van der Waals surface area contributed by atoms with Crippen molar-refractivity contribution in [2.75, 3.05) is 0 Å². The highest BCUT2D eigenvalue weighted by Gasteiger charge is 2.36. The molecule has 27 heavy (non-hydrogen) atoms. The van der Waals surface area contributed by atoms with Crippen LogP contribution in [0, 0.1) is 5.92 Å². The Hall–Kier alpha value is -2.76. The van der Waals surface area contributed by atoms with Gasteiger partial charge in [-0.25, -0.2) is 0 Å². The third kappa shape index (κ3) is 3.70. The lowest BCUT2D eigenvalue weighted by Crippen LogP contribution is -2.41. The first-order valence-corrected chi connectivity index (χ1v) is 9.17. The van der Waals surface area contributed by atoms with E-state index in [0.29, 0.717) is 18.4 Å². The number of pyridine rings is 1. The summed E-state index contributed by atoms with van der Waals surface area (Å²) in [6.07, 6.45) is 2.85. The summed E-state index contributed by atoms with van der Waals surface area (Å²) in [5.74, 6) is 0.0164. The van der Waals surface area contributed by atoms with E-state index in [1.54, 1.807) is 24.3 Å². The molecule has 2 aromatic carbocycles. The molecule has 0 bridgehead atoms. The van der Waals surface area contributed by atoms with E-state index in [1.165, 1.54) is 0 Å². The van der Waals surface area contributed by atoms with Crippen molar-refractivity contribution in [3.05, 3.63) is 77.5 Å². The second kappa shape index (κ2) is 7.47. The van der Waals surface area contributed by atoms with Gasteiger partial charge < -0.3 is 15.5 Å². The summed E-state index contributed by atoms with van der Waals surface area (Å²) < 4.78 is 0. The van der Waals surface area contributed by atoms with Crippen molar-refractivity contribution in [1.29, 1.82) is 0 Å². The Kier molecular flexibility index (Phi) is 4.88. The van der Waals surface area contributed by atoms with E-state index in [1.807, 2.05) is 30.5 Å². The van der Waals surface area contributed by atoms with Crippen molar-refractivity contribution in [1.82, 2.24) is 10.3 Å². The van der Waals surface area contributed by atoms with Crippen molar-refractivity contribution in [2.24, 2.45) is 5.92 Å². The SMILES string of the molecule is O=C(N[C@H](c1cnc2ccccc2c1)C1CC(O)C1)c1ccc(CO)cc1. The number of nitrogens with zero attached hydrogens (tertiary/aromatic N) is 1. The van der Waals surface area contributed by atoms with Crippen LogP contribution in [0.15, 0.2) is 60.8 Å². The van der Waals surface area contributed by atoms with Gasteiger partial charge in [-0.15, -0.1) is 0 Å². The van der Waals surface area contributed by atoms with Crippen LogP contribution in [0.3, 0.4) is 0 Å². The number of carbonyl (C=O) groups excluding carboxylic acids is 1. The van der Waals surface area contributed by atoms with Gasteiger partial charge in [-0.1, -0.05) is 30.3 Å². The van der Waals surface area contributed by atoms with E-state index < -0.39 is 0 Å². The monoisotopic (exact) mass is 362 g/mol. The molecular formula is C22H22N2O3. The zero-order chi connectivity index (χ0) is 18.8. The highest BCUT2D eigenvalue weighted by Crippen LogP contribution is 2.38. The topological polar surface area (TPSA) is 82.5 Å². The number of carbonyl (C=O) groups is 1. The molecule has 1 heterocycles. The molecule has 5 nitrogen and oxygen atoms in total. The molecule has 1 atom stereocenters. The summed E-state index contributed by atoms with van der Waals surface area (Å²) in [5.41, 5.74) is 3.18. The Morgan fingerprint density at radius 2 is 1.89 bits per heavy atom. The number of amides is 1. The van der Waals surface area contributed by atoms with Crippen LogP contribution in [0.25, 0.3) is 10.9 Å². The lowest BCUT2D eigenvalue weighted by molar-refractivity contribution is 0.0235. The van der Waals surface area contributed by atoms with Crippen molar-refractivity contribution in [2.45, 2.75) is 31.6 Å². The number of nitrogens with one attached hydrogen (secondary N) is 1. The first kappa shape index (κ1) is 17.6. The number of fused-ring (bicyclic) bond motifs is 1.